The fraction of sp³-hybridized carbons (Fsp3) is 1.00. The molecule has 0 radical (unpaired) electrons. The second-order valence-electron chi connectivity index (χ2n) is 3.48. The summed E-state index contributed by atoms with van der Waals surface area (Å²) >= 11 is 0. The average molecular weight is 159 g/mol. The standard InChI is InChI=1S/C8H17NO2/c1-3-9(2)4-8(5-10)6-11-7-8/h10H,3-7H2,1-2H3. The molecule has 0 aromatic heterocycles. The lowest BCUT2D eigenvalue weighted by molar-refractivity contribution is -0.146. The molecule has 0 spiro atoms. The number of aliphatic hydroxyl groups excluding tert-OH is 1. The molecule has 0 aliphatic carbocycles. The highest BCUT2D eigenvalue weighted by Crippen LogP contribution is 2.27. The van der Waals surface area contributed by atoms with Gasteiger partial charge in [-0.3, -0.25) is 0 Å². The van der Waals surface area contributed by atoms with Gasteiger partial charge in [-0.25, -0.2) is 0 Å². The molecular formula is C8H17NO2. The van der Waals surface area contributed by atoms with Gasteiger partial charge in [-0.05, 0) is 13.6 Å². The number of rotatable bonds is 4. The van der Waals surface area contributed by atoms with Gasteiger partial charge in [0.05, 0.1) is 25.2 Å². The molecule has 0 unspecified atom stereocenters. The van der Waals surface area contributed by atoms with Gasteiger partial charge >= 0.3 is 0 Å². The highest BCUT2D eigenvalue weighted by Gasteiger charge is 2.38. The molecule has 1 fully saturated rings. The van der Waals surface area contributed by atoms with Crippen LogP contribution in [0.3, 0.4) is 0 Å². The zero-order valence-electron chi connectivity index (χ0n) is 7.34. The van der Waals surface area contributed by atoms with E-state index in [1.54, 1.807) is 0 Å². The van der Waals surface area contributed by atoms with Crippen molar-refractivity contribution >= 4 is 0 Å². The van der Waals surface area contributed by atoms with Crippen molar-refractivity contribution in [2.75, 3.05) is 40.0 Å². The van der Waals surface area contributed by atoms with Crippen molar-refractivity contribution in [3.63, 3.8) is 0 Å². The largest absolute Gasteiger partial charge is 0.396 e. The summed E-state index contributed by atoms with van der Waals surface area (Å²) in [5.74, 6) is 0. The lowest BCUT2D eigenvalue weighted by Gasteiger charge is -2.42. The maximum Gasteiger partial charge on any atom is 0.0579 e. The molecule has 0 saturated carbocycles. The van der Waals surface area contributed by atoms with Gasteiger partial charge in [-0.1, -0.05) is 6.92 Å². The minimum atomic E-state index is 0.0464. The second-order valence-corrected chi connectivity index (χ2v) is 3.48. The van der Waals surface area contributed by atoms with Crippen LogP contribution in [0.5, 0.6) is 0 Å². The van der Waals surface area contributed by atoms with Crippen LogP contribution in [0.1, 0.15) is 6.92 Å². The number of ether oxygens (including phenoxy) is 1. The van der Waals surface area contributed by atoms with Crippen molar-refractivity contribution in [3.05, 3.63) is 0 Å². The van der Waals surface area contributed by atoms with Gasteiger partial charge in [-0.15, -0.1) is 0 Å². The minimum Gasteiger partial charge on any atom is -0.396 e. The van der Waals surface area contributed by atoms with Crippen molar-refractivity contribution in [1.29, 1.82) is 0 Å². The van der Waals surface area contributed by atoms with Crippen molar-refractivity contribution in [2.45, 2.75) is 6.92 Å². The van der Waals surface area contributed by atoms with Gasteiger partial charge in [0, 0.05) is 6.54 Å². The van der Waals surface area contributed by atoms with E-state index >= 15 is 0 Å². The quantitative estimate of drug-likeness (QED) is 0.624. The van der Waals surface area contributed by atoms with Crippen LogP contribution in [-0.2, 0) is 4.74 Å². The Kier molecular flexibility index (Phi) is 2.87. The lowest BCUT2D eigenvalue weighted by atomic mass is 9.86. The molecule has 1 N–H and O–H groups in total. The van der Waals surface area contributed by atoms with Crippen molar-refractivity contribution in [3.8, 4) is 0 Å². The van der Waals surface area contributed by atoms with Gasteiger partial charge in [-0.2, -0.15) is 0 Å². The average Bonchev–Trinajstić information content (AvgIpc) is 1.96. The van der Waals surface area contributed by atoms with Crippen molar-refractivity contribution in [1.82, 2.24) is 4.90 Å². The Morgan fingerprint density at radius 2 is 2.18 bits per heavy atom. The third-order valence-electron chi connectivity index (χ3n) is 2.30. The number of hydrogen-bond donors (Lipinski definition) is 1. The summed E-state index contributed by atoms with van der Waals surface area (Å²) in [4.78, 5) is 2.21. The van der Waals surface area contributed by atoms with Crippen LogP contribution in [0.25, 0.3) is 0 Å². The van der Waals surface area contributed by atoms with Gasteiger partial charge in [0.15, 0.2) is 0 Å². The first kappa shape index (κ1) is 8.97. The third-order valence-corrected chi connectivity index (χ3v) is 2.30. The summed E-state index contributed by atoms with van der Waals surface area (Å²) in [6, 6.07) is 0. The Morgan fingerprint density at radius 1 is 1.55 bits per heavy atom. The SMILES string of the molecule is CCN(C)CC1(CO)COC1. The Balaban J connectivity index is 2.32. The molecule has 66 valence electrons. The van der Waals surface area contributed by atoms with Crippen LogP contribution in [-0.4, -0.2) is 50.0 Å². The van der Waals surface area contributed by atoms with Gasteiger partial charge < -0.3 is 14.7 Å². The summed E-state index contributed by atoms with van der Waals surface area (Å²) in [6.07, 6.45) is 0. The van der Waals surface area contributed by atoms with Crippen LogP contribution in [0.2, 0.25) is 0 Å². The van der Waals surface area contributed by atoms with Crippen molar-refractivity contribution in [2.24, 2.45) is 5.41 Å². The summed E-state index contributed by atoms with van der Waals surface area (Å²) in [5.41, 5.74) is 0.0464. The maximum absolute atomic E-state index is 9.07. The first-order chi connectivity index (χ1) is 5.22. The third kappa shape index (κ3) is 1.92. The van der Waals surface area contributed by atoms with Gasteiger partial charge in [0.2, 0.25) is 0 Å². The molecule has 11 heavy (non-hydrogen) atoms. The van der Waals surface area contributed by atoms with E-state index in [0.717, 1.165) is 13.1 Å². The molecule has 0 atom stereocenters. The Morgan fingerprint density at radius 3 is 2.45 bits per heavy atom. The van der Waals surface area contributed by atoms with E-state index in [4.69, 9.17) is 9.84 Å². The monoisotopic (exact) mass is 159 g/mol. The molecular weight excluding hydrogens is 142 g/mol. The topological polar surface area (TPSA) is 32.7 Å². The van der Waals surface area contributed by atoms with E-state index in [1.165, 1.54) is 0 Å². The number of aliphatic hydroxyl groups is 1. The van der Waals surface area contributed by atoms with Crippen LogP contribution in [0, 0.1) is 5.41 Å². The molecule has 1 saturated heterocycles. The Labute approximate surface area is 68.0 Å². The van der Waals surface area contributed by atoms with E-state index < -0.39 is 0 Å². The molecule has 1 aliphatic heterocycles. The summed E-state index contributed by atoms with van der Waals surface area (Å²) in [7, 11) is 2.07. The Hall–Kier alpha value is -0.120. The van der Waals surface area contributed by atoms with Crippen LogP contribution in [0.4, 0.5) is 0 Å². The summed E-state index contributed by atoms with van der Waals surface area (Å²) in [6.45, 7) is 5.77. The highest BCUT2D eigenvalue weighted by atomic mass is 16.5. The smallest absolute Gasteiger partial charge is 0.0579 e. The summed E-state index contributed by atoms with van der Waals surface area (Å²) in [5, 5.41) is 9.07. The zero-order valence-corrected chi connectivity index (χ0v) is 7.34. The first-order valence-corrected chi connectivity index (χ1v) is 4.09. The molecule has 1 aliphatic rings. The predicted molar refractivity (Wildman–Crippen MR) is 43.5 cm³/mol. The van der Waals surface area contributed by atoms with E-state index in [0.29, 0.717) is 13.2 Å². The van der Waals surface area contributed by atoms with Crippen LogP contribution in [0.15, 0.2) is 0 Å². The molecule has 0 aromatic carbocycles. The molecule has 1 heterocycles. The molecule has 3 nitrogen and oxygen atoms in total. The van der Waals surface area contributed by atoms with E-state index in [1.807, 2.05) is 0 Å². The maximum atomic E-state index is 9.07. The Bertz CT molecular complexity index is 118. The second kappa shape index (κ2) is 3.52. The molecule has 0 aromatic rings. The summed E-state index contributed by atoms with van der Waals surface area (Å²) < 4.78 is 5.09. The lowest BCUT2D eigenvalue weighted by Crippen LogP contribution is -2.52. The normalized spacial score (nSPS) is 21.8. The first-order valence-electron chi connectivity index (χ1n) is 4.09. The van der Waals surface area contributed by atoms with Crippen molar-refractivity contribution < 1.29 is 9.84 Å². The van der Waals surface area contributed by atoms with Gasteiger partial charge in [0.25, 0.3) is 0 Å². The van der Waals surface area contributed by atoms with Gasteiger partial charge in [0.1, 0.15) is 0 Å². The molecule has 3 heteroatoms. The molecule has 0 amide bonds. The van der Waals surface area contributed by atoms with Crippen LogP contribution < -0.4 is 0 Å². The molecule has 1 rings (SSSR count). The van der Waals surface area contributed by atoms with E-state index in [2.05, 4.69) is 18.9 Å². The van der Waals surface area contributed by atoms with E-state index in [-0.39, 0.29) is 12.0 Å². The van der Waals surface area contributed by atoms with Crippen LogP contribution >= 0.6 is 0 Å². The number of nitrogens with zero attached hydrogens (tertiary/aromatic N) is 1. The van der Waals surface area contributed by atoms with E-state index in [9.17, 15) is 0 Å². The highest BCUT2D eigenvalue weighted by molar-refractivity contribution is 4.87. The zero-order chi connectivity index (χ0) is 8.32. The fourth-order valence-corrected chi connectivity index (χ4v) is 1.31. The fourth-order valence-electron chi connectivity index (χ4n) is 1.31. The number of hydrogen-bond acceptors (Lipinski definition) is 3. The molecule has 0 bridgehead atoms. The minimum absolute atomic E-state index is 0.0464. The predicted octanol–water partition coefficient (Wildman–Crippen LogP) is -0.0530.